The predicted molar refractivity (Wildman–Crippen MR) is 90.4 cm³/mol. The van der Waals surface area contributed by atoms with Crippen LogP contribution in [0.2, 0.25) is 0 Å². The third-order valence-electron chi connectivity index (χ3n) is 4.58. The van der Waals surface area contributed by atoms with Crippen LogP contribution >= 0.6 is 0 Å². The second-order valence-electron chi connectivity index (χ2n) is 5.98. The van der Waals surface area contributed by atoms with Crippen molar-refractivity contribution in [2.45, 2.75) is 18.3 Å². The number of rotatable bonds is 4. The van der Waals surface area contributed by atoms with E-state index in [0.29, 0.717) is 6.42 Å². The summed E-state index contributed by atoms with van der Waals surface area (Å²) < 4.78 is 0. The van der Waals surface area contributed by atoms with E-state index in [-0.39, 0.29) is 18.2 Å². The molecule has 0 spiro atoms. The molecule has 0 aromatic heterocycles. The molecular formula is C19H20N2O2. The lowest BCUT2D eigenvalue weighted by Gasteiger charge is -2.27. The molecule has 2 amide bonds. The van der Waals surface area contributed by atoms with Crippen LogP contribution < -0.4 is 10.2 Å². The molecular weight excluding hydrogens is 288 g/mol. The normalized spacial score (nSPS) is 19.6. The lowest BCUT2D eigenvalue weighted by molar-refractivity contribution is -0.129. The van der Waals surface area contributed by atoms with Gasteiger partial charge < -0.3 is 10.2 Å². The fourth-order valence-corrected chi connectivity index (χ4v) is 3.43. The molecule has 0 unspecified atom stereocenters. The van der Waals surface area contributed by atoms with Crippen molar-refractivity contribution in [3.8, 4) is 0 Å². The topological polar surface area (TPSA) is 49.4 Å². The van der Waals surface area contributed by atoms with E-state index in [1.165, 1.54) is 0 Å². The van der Waals surface area contributed by atoms with E-state index in [2.05, 4.69) is 5.32 Å². The monoisotopic (exact) mass is 308 g/mol. The first kappa shape index (κ1) is 15.3. The Morgan fingerprint density at radius 1 is 1.09 bits per heavy atom. The van der Waals surface area contributed by atoms with Gasteiger partial charge in [0.05, 0.1) is 5.41 Å². The Hall–Kier alpha value is -2.62. The van der Waals surface area contributed by atoms with Crippen molar-refractivity contribution in [2.75, 3.05) is 19.0 Å². The van der Waals surface area contributed by atoms with Gasteiger partial charge in [-0.05, 0) is 23.6 Å². The van der Waals surface area contributed by atoms with Crippen molar-refractivity contribution in [1.29, 1.82) is 0 Å². The van der Waals surface area contributed by atoms with Crippen LogP contribution in [0.4, 0.5) is 5.69 Å². The zero-order valence-corrected chi connectivity index (χ0v) is 13.4. The van der Waals surface area contributed by atoms with Crippen molar-refractivity contribution in [3.05, 3.63) is 65.7 Å². The highest BCUT2D eigenvalue weighted by molar-refractivity contribution is 6.09. The first-order valence-electron chi connectivity index (χ1n) is 7.70. The van der Waals surface area contributed by atoms with Gasteiger partial charge in [0.15, 0.2) is 0 Å². The summed E-state index contributed by atoms with van der Waals surface area (Å²) in [6, 6.07) is 17.6. The smallest absolute Gasteiger partial charge is 0.238 e. The van der Waals surface area contributed by atoms with Crippen molar-refractivity contribution in [3.63, 3.8) is 0 Å². The third kappa shape index (κ3) is 2.50. The van der Waals surface area contributed by atoms with E-state index in [1.807, 2.05) is 54.6 Å². The molecule has 1 aliphatic rings. The van der Waals surface area contributed by atoms with E-state index in [0.717, 1.165) is 16.8 Å². The number of para-hydroxylation sites is 1. The standard InChI is InChI=1S/C19H20N2O2/c1-20-17(22)13-19(12-14-8-4-3-5-9-14)15-10-6-7-11-16(15)21(2)18(19)23/h3-11H,12-13H2,1-2H3,(H,20,22)/t19-/m0/s1. The Labute approximate surface area is 136 Å². The van der Waals surface area contributed by atoms with Crippen LogP contribution in [0.3, 0.4) is 0 Å². The molecule has 4 heteroatoms. The molecule has 0 radical (unpaired) electrons. The fraction of sp³-hybridized carbons (Fsp3) is 0.263. The van der Waals surface area contributed by atoms with Crippen LogP contribution in [-0.4, -0.2) is 25.9 Å². The summed E-state index contributed by atoms with van der Waals surface area (Å²) in [7, 11) is 3.38. The van der Waals surface area contributed by atoms with E-state index in [9.17, 15) is 9.59 Å². The third-order valence-corrected chi connectivity index (χ3v) is 4.58. The number of anilines is 1. The van der Waals surface area contributed by atoms with Crippen LogP contribution in [0.5, 0.6) is 0 Å². The van der Waals surface area contributed by atoms with Crippen molar-refractivity contribution in [1.82, 2.24) is 5.32 Å². The van der Waals surface area contributed by atoms with Crippen molar-refractivity contribution in [2.24, 2.45) is 0 Å². The number of carbonyl (C=O) groups excluding carboxylic acids is 2. The lowest BCUT2D eigenvalue weighted by Crippen LogP contribution is -2.44. The van der Waals surface area contributed by atoms with E-state index < -0.39 is 5.41 Å². The van der Waals surface area contributed by atoms with Gasteiger partial charge in [-0.1, -0.05) is 48.5 Å². The van der Waals surface area contributed by atoms with Crippen LogP contribution in [0.1, 0.15) is 17.5 Å². The van der Waals surface area contributed by atoms with Gasteiger partial charge >= 0.3 is 0 Å². The highest BCUT2D eigenvalue weighted by atomic mass is 16.2. The minimum atomic E-state index is -0.840. The molecule has 1 aliphatic heterocycles. The van der Waals surface area contributed by atoms with E-state index >= 15 is 0 Å². The average molecular weight is 308 g/mol. The number of hydrogen-bond acceptors (Lipinski definition) is 2. The SMILES string of the molecule is CNC(=O)C[C@]1(Cc2ccccc2)C(=O)N(C)c2ccccc21. The van der Waals surface area contributed by atoms with E-state index in [1.54, 1.807) is 19.0 Å². The average Bonchev–Trinajstić information content (AvgIpc) is 2.79. The van der Waals surface area contributed by atoms with Crippen LogP contribution in [0.25, 0.3) is 0 Å². The number of hydrogen-bond donors (Lipinski definition) is 1. The largest absolute Gasteiger partial charge is 0.359 e. The van der Waals surface area contributed by atoms with Gasteiger partial charge in [-0.2, -0.15) is 0 Å². The summed E-state index contributed by atoms with van der Waals surface area (Å²) in [4.78, 5) is 26.9. The molecule has 118 valence electrons. The summed E-state index contributed by atoms with van der Waals surface area (Å²) in [5.41, 5.74) is 2.03. The Morgan fingerprint density at radius 3 is 2.43 bits per heavy atom. The van der Waals surface area contributed by atoms with Gasteiger partial charge in [0, 0.05) is 26.2 Å². The second kappa shape index (κ2) is 5.88. The maximum Gasteiger partial charge on any atom is 0.238 e. The predicted octanol–water partition coefficient (Wildman–Crippen LogP) is 2.28. The van der Waals surface area contributed by atoms with Crippen LogP contribution in [-0.2, 0) is 21.4 Å². The van der Waals surface area contributed by atoms with Gasteiger partial charge in [-0.3, -0.25) is 9.59 Å². The minimum Gasteiger partial charge on any atom is -0.359 e. The van der Waals surface area contributed by atoms with Gasteiger partial charge in [0.2, 0.25) is 11.8 Å². The number of benzene rings is 2. The summed E-state index contributed by atoms with van der Waals surface area (Å²) in [6.07, 6.45) is 0.667. The molecule has 0 bridgehead atoms. The van der Waals surface area contributed by atoms with Crippen molar-refractivity contribution < 1.29 is 9.59 Å². The first-order chi connectivity index (χ1) is 11.1. The van der Waals surface area contributed by atoms with Crippen LogP contribution in [0.15, 0.2) is 54.6 Å². The molecule has 2 aromatic carbocycles. The molecule has 3 rings (SSSR count). The number of fused-ring (bicyclic) bond motifs is 1. The molecule has 1 atom stereocenters. The van der Waals surface area contributed by atoms with Gasteiger partial charge in [0.1, 0.15) is 0 Å². The summed E-state index contributed by atoms with van der Waals surface area (Å²) >= 11 is 0. The molecule has 1 N–H and O–H groups in total. The van der Waals surface area contributed by atoms with Crippen LogP contribution in [0, 0.1) is 0 Å². The zero-order chi connectivity index (χ0) is 16.4. The summed E-state index contributed by atoms with van der Waals surface area (Å²) in [5.74, 6) is -0.148. The summed E-state index contributed by atoms with van der Waals surface area (Å²) in [6.45, 7) is 0. The Balaban J connectivity index is 2.12. The molecule has 1 heterocycles. The number of nitrogens with zero attached hydrogens (tertiary/aromatic N) is 1. The maximum atomic E-state index is 13.1. The lowest BCUT2D eigenvalue weighted by atomic mass is 9.73. The number of carbonyl (C=O) groups is 2. The number of nitrogens with one attached hydrogen (secondary N) is 1. The molecule has 2 aromatic rings. The summed E-state index contributed by atoms with van der Waals surface area (Å²) in [5, 5.41) is 2.66. The molecule has 0 fully saturated rings. The van der Waals surface area contributed by atoms with Gasteiger partial charge in [-0.15, -0.1) is 0 Å². The quantitative estimate of drug-likeness (QED) is 0.942. The second-order valence-corrected chi connectivity index (χ2v) is 5.98. The number of likely N-dealkylation sites (N-methyl/N-ethyl adjacent to an activating group) is 1. The maximum absolute atomic E-state index is 13.1. The van der Waals surface area contributed by atoms with Gasteiger partial charge in [-0.25, -0.2) is 0 Å². The Morgan fingerprint density at radius 2 is 1.74 bits per heavy atom. The highest BCUT2D eigenvalue weighted by Gasteiger charge is 2.50. The number of amides is 2. The molecule has 0 saturated carbocycles. The first-order valence-corrected chi connectivity index (χ1v) is 7.70. The molecule has 0 aliphatic carbocycles. The molecule has 23 heavy (non-hydrogen) atoms. The van der Waals surface area contributed by atoms with Crippen molar-refractivity contribution >= 4 is 17.5 Å². The highest BCUT2D eigenvalue weighted by Crippen LogP contribution is 2.45. The minimum absolute atomic E-state index is 0.0221. The molecule has 4 nitrogen and oxygen atoms in total. The molecule has 0 saturated heterocycles. The Kier molecular flexibility index (Phi) is 3.90. The zero-order valence-electron chi connectivity index (χ0n) is 13.4. The van der Waals surface area contributed by atoms with Gasteiger partial charge in [0.25, 0.3) is 0 Å². The fourth-order valence-electron chi connectivity index (χ4n) is 3.43. The Bertz CT molecular complexity index is 742. The van der Waals surface area contributed by atoms with E-state index in [4.69, 9.17) is 0 Å².